The molecule has 0 fully saturated rings. The van der Waals surface area contributed by atoms with Crippen molar-refractivity contribution in [3.8, 4) is 5.88 Å². The van der Waals surface area contributed by atoms with Gasteiger partial charge in [0, 0.05) is 25.5 Å². The smallest absolute Gasteiger partial charge is 0.215 e. The van der Waals surface area contributed by atoms with Gasteiger partial charge in [-0.15, -0.1) is 11.6 Å². The summed E-state index contributed by atoms with van der Waals surface area (Å²) in [6.07, 6.45) is 3.68. The van der Waals surface area contributed by atoms with Crippen molar-refractivity contribution in [1.29, 1.82) is 0 Å². The molecule has 1 atom stereocenters. The summed E-state index contributed by atoms with van der Waals surface area (Å²) < 4.78 is 9.15. The predicted octanol–water partition coefficient (Wildman–Crippen LogP) is 2.52. The second-order valence-corrected chi connectivity index (χ2v) is 5.48. The maximum absolute atomic E-state index is 6.26. The lowest BCUT2D eigenvalue weighted by Gasteiger charge is -2.10. The van der Waals surface area contributed by atoms with Gasteiger partial charge in [-0.3, -0.25) is 0 Å². The number of methoxy groups -OCH3 is 1. The topological polar surface area (TPSA) is 57.8 Å². The van der Waals surface area contributed by atoms with Gasteiger partial charge in [0.1, 0.15) is 17.2 Å². The van der Waals surface area contributed by atoms with Gasteiger partial charge >= 0.3 is 0 Å². The van der Waals surface area contributed by atoms with Gasteiger partial charge in [0.25, 0.3) is 0 Å². The molecule has 1 unspecified atom stereocenters. The van der Waals surface area contributed by atoms with Crippen LogP contribution in [0.2, 0.25) is 0 Å². The molecule has 0 saturated heterocycles. The number of alkyl halides is 1. The van der Waals surface area contributed by atoms with E-state index in [0.717, 1.165) is 22.8 Å². The van der Waals surface area contributed by atoms with Crippen molar-refractivity contribution in [3.05, 3.63) is 36.2 Å². The highest BCUT2D eigenvalue weighted by atomic mass is 35.5. The standard InChI is InChI=1S/C14H16ClN5O/c1-9(15)13-17-10-4-5-12(21-3)18-14(10)20(13)8-11-16-6-7-19(11)2/h4-7,9H,8H2,1-3H3. The number of hydrogen-bond acceptors (Lipinski definition) is 4. The summed E-state index contributed by atoms with van der Waals surface area (Å²) in [7, 11) is 3.55. The number of imidazole rings is 2. The van der Waals surface area contributed by atoms with Crippen LogP contribution >= 0.6 is 11.6 Å². The zero-order valence-corrected chi connectivity index (χ0v) is 12.9. The summed E-state index contributed by atoms with van der Waals surface area (Å²) in [6, 6.07) is 3.68. The molecule has 0 aliphatic carbocycles. The number of rotatable bonds is 4. The average molecular weight is 306 g/mol. The molecule has 3 aromatic rings. The van der Waals surface area contributed by atoms with Gasteiger partial charge < -0.3 is 13.9 Å². The van der Waals surface area contributed by atoms with Crippen LogP contribution < -0.4 is 4.74 Å². The van der Waals surface area contributed by atoms with Gasteiger partial charge in [-0.1, -0.05) is 0 Å². The van der Waals surface area contributed by atoms with E-state index in [1.165, 1.54) is 0 Å². The lowest BCUT2D eigenvalue weighted by molar-refractivity contribution is 0.399. The zero-order chi connectivity index (χ0) is 15.0. The van der Waals surface area contributed by atoms with Crippen molar-refractivity contribution in [2.24, 2.45) is 7.05 Å². The Balaban J connectivity index is 2.17. The number of nitrogens with zero attached hydrogens (tertiary/aromatic N) is 5. The zero-order valence-electron chi connectivity index (χ0n) is 12.1. The molecule has 0 aliphatic rings. The number of aryl methyl sites for hydroxylation is 1. The third kappa shape index (κ3) is 2.47. The number of halogens is 1. The second kappa shape index (κ2) is 5.37. The monoisotopic (exact) mass is 305 g/mol. The number of ether oxygens (including phenoxy) is 1. The molecule has 0 spiro atoms. The van der Waals surface area contributed by atoms with Crippen LogP contribution in [-0.4, -0.2) is 31.2 Å². The fourth-order valence-corrected chi connectivity index (χ4v) is 2.43. The Hall–Kier alpha value is -2.08. The summed E-state index contributed by atoms with van der Waals surface area (Å²) >= 11 is 6.26. The Morgan fingerprint density at radius 1 is 1.33 bits per heavy atom. The normalized spacial score (nSPS) is 12.8. The molecular formula is C14H16ClN5O. The molecule has 6 nitrogen and oxygen atoms in total. The van der Waals surface area contributed by atoms with E-state index in [9.17, 15) is 0 Å². The van der Waals surface area contributed by atoms with Crippen molar-refractivity contribution in [1.82, 2.24) is 24.1 Å². The highest BCUT2D eigenvalue weighted by Gasteiger charge is 2.18. The van der Waals surface area contributed by atoms with Crippen LogP contribution in [0.1, 0.15) is 23.9 Å². The molecule has 3 aromatic heterocycles. The molecular weight excluding hydrogens is 290 g/mol. The van der Waals surface area contributed by atoms with E-state index in [1.54, 1.807) is 19.4 Å². The summed E-state index contributed by atoms with van der Waals surface area (Å²) in [4.78, 5) is 13.4. The molecule has 21 heavy (non-hydrogen) atoms. The Morgan fingerprint density at radius 3 is 2.76 bits per heavy atom. The first kappa shape index (κ1) is 13.9. The Morgan fingerprint density at radius 2 is 2.14 bits per heavy atom. The third-order valence-electron chi connectivity index (χ3n) is 3.38. The summed E-state index contributed by atoms with van der Waals surface area (Å²) in [5, 5.41) is -0.217. The van der Waals surface area contributed by atoms with E-state index < -0.39 is 0 Å². The molecule has 3 heterocycles. The highest BCUT2D eigenvalue weighted by molar-refractivity contribution is 6.20. The summed E-state index contributed by atoms with van der Waals surface area (Å²) in [6.45, 7) is 2.46. The first-order valence-electron chi connectivity index (χ1n) is 6.61. The van der Waals surface area contributed by atoms with Crippen LogP contribution in [0.4, 0.5) is 0 Å². The maximum Gasteiger partial charge on any atom is 0.215 e. The fourth-order valence-electron chi connectivity index (χ4n) is 2.27. The average Bonchev–Trinajstić information content (AvgIpc) is 3.03. The van der Waals surface area contributed by atoms with Gasteiger partial charge in [-0.25, -0.2) is 9.97 Å². The summed E-state index contributed by atoms with van der Waals surface area (Å²) in [5.74, 6) is 2.24. The van der Waals surface area contributed by atoms with E-state index in [1.807, 2.05) is 35.4 Å². The largest absolute Gasteiger partial charge is 0.481 e. The Kier molecular flexibility index (Phi) is 3.55. The van der Waals surface area contributed by atoms with Gasteiger partial charge in [-0.05, 0) is 13.0 Å². The third-order valence-corrected chi connectivity index (χ3v) is 3.58. The van der Waals surface area contributed by atoms with E-state index in [-0.39, 0.29) is 5.38 Å². The van der Waals surface area contributed by atoms with Crippen LogP contribution in [-0.2, 0) is 13.6 Å². The molecule has 110 valence electrons. The number of pyridine rings is 1. The summed E-state index contributed by atoms with van der Waals surface area (Å²) in [5.41, 5.74) is 1.55. The van der Waals surface area contributed by atoms with E-state index in [2.05, 4.69) is 15.0 Å². The van der Waals surface area contributed by atoms with Crippen molar-refractivity contribution < 1.29 is 4.74 Å². The van der Waals surface area contributed by atoms with Crippen LogP contribution in [0.5, 0.6) is 5.88 Å². The SMILES string of the molecule is COc1ccc2nc(C(C)Cl)n(Cc3nccn3C)c2n1. The van der Waals surface area contributed by atoms with Crippen molar-refractivity contribution >= 4 is 22.8 Å². The first-order valence-corrected chi connectivity index (χ1v) is 7.05. The molecule has 7 heteroatoms. The van der Waals surface area contributed by atoms with Gasteiger partial charge in [0.05, 0.1) is 19.0 Å². The number of aromatic nitrogens is 5. The molecule has 3 rings (SSSR count). The second-order valence-electron chi connectivity index (χ2n) is 4.82. The van der Waals surface area contributed by atoms with Gasteiger partial charge in [-0.2, -0.15) is 4.98 Å². The maximum atomic E-state index is 6.26. The van der Waals surface area contributed by atoms with Crippen LogP contribution in [0, 0.1) is 0 Å². The lowest BCUT2D eigenvalue weighted by atomic mass is 10.4. The van der Waals surface area contributed by atoms with Crippen molar-refractivity contribution in [2.45, 2.75) is 18.8 Å². The lowest BCUT2D eigenvalue weighted by Crippen LogP contribution is -2.10. The molecule has 0 bridgehead atoms. The minimum atomic E-state index is -0.217. The Bertz CT molecular complexity index is 777. The minimum Gasteiger partial charge on any atom is -0.481 e. The predicted molar refractivity (Wildman–Crippen MR) is 80.7 cm³/mol. The van der Waals surface area contributed by atoms with E-state index in [4.69, 9.17) is 16.3 Å². The van der Waals surface area contributed by atoms with Crippen LogP contribution in [0.15, 0.2) is 24.5 Å². The molecule has 0 amide bonds. The number of hydrogen-bond donors (Lipinski definition) is 0. The van der Waals surface area contributed by atoms with Crippen LogP contribution in [0.3, 0.4) is 0 Å². The minimum absolute atomic E-state index is 0.217. The highest BCUT2D eigenvalue weighted by Crippen LogP contribution is 2.25. The Labute approximate surface area is 127 Å². The van der Waals surface area contributed by atoms with Gasteiger partial charge in [0.2, 0.25) is 5.88 Å². The van der Waals surface area contributed by atoms with Crippen molar-refractivity contribution in [3.63, 3.8) is 0 Å². The molecule has 0 N–H and O–H groups in total. The van der Waals surface area contributed by atoms with Gasteiger partial charge in [0.15, 0.2) is 5.65 Å². The fraction of sp³-hybridized carbons (Fsp3) is 0.357. The molecule has 0 saturated carbocycles. The molecule has 0 aliphatic heterocycles. The molecule has 0 aromatic carbocycles. The van der Waals surface area contributed by atoms with Crippen LogP contribution in [0.25, 0.3) is 11.2 Å². The quantitative estimate of drug-likeness (QED) is 0.695. The van der Waals surface area contributed by atoms with E-state index in [0.29, 0.717) is 12.4 Å². The molecule has 0 radical (unpaired) electrons. The van der Waals surface area contributed by atoms with Crippen molar-refractivity contribution in [2.75, 3.05) is 7.11 Å². The first-order chi connectivity index (χ1) is 10.1. The van der Waals surface area contributed by atoms with E-state index >= 15 is 0 Å². The number of fused-ring (bicyclic) bond motifs is 1.